The van der Waals surface area contributed by atoms with Gasteiger partial charge in [0.1, 0.15) is 0 Å². The van der Waals surface area contributed by atoms with Gasteiger partial charge in [-0.3, -0.25) is 15.2 Å². The van der Waals surface area contributed by atoms with Crippen molar-refractivity contribution in [2.45, 2.75) is 37.6 Å². The highest BCUT2D eigenvalue weighted by Crippen LogP contribution is 2.38. The summed E-state index contributed by atoms with van der Waals surface area (Å²) in [6.07, 6.45) is -1.72. The summed E-state index contributed by atoms with van der Waals surface area (Å²) in [5.41, 5.74) is -0.215. The van der Waals surface area contributed by atoms with Crippen LogP contribution in [0.2, 0.25) is 0 Å². The summed E-state index contributed by atoms with van der Waals surface area (Å²) in [6, 6.07) is 8.42. The molecular weight excluding hydrogens is 363 g/mol. The number of alkyl halides is 3. The summed E-state index contributed by atoms with van der Waals surface area (Å²) in [7, 11) is 0. The van der Waals surface area contributed by atoms with E-state index in [2.05, 4.69) is 10.6 Å². The molecule has 0 spiro atoms. The van der Waals surface area contributed by atoms with Crippen molar-refractivity contribution in [3.05, 3.63) is 59.6 Å². The van der Waals surface area contributed by atoms with Gasteiger partial charge in [0, 0.05) is 24.3 Å². The van der Waals surface area contributed by atoms with Crippen LogP contribution >= 0.6 is 0 Å². The molecule has 0 saturated carbocycles. The highest BCUT2D eigenvalue weighted by Gasteiger charge is 2.60. The van der Waals surface area contributed by atoms with Gasteiger partial charge in [-0.25, -0.2) is 0 Å². The Morgan fingerprint density at radius 1 is 1.37 bits per heavy atom. The normalized spacial score (nSPS) is 17.1. The van der Waals surface area contributed by atoms with Gasteiger partial charge in [0.2, 0.25) is 5.60 Å². The Hall–Kier alpha value is -2.81. The number of fused-ring (bicyclic) bond motifs is 1. The van der Waals surface area contributed by atoms with Gasteiger partial charge in [0.05, 0.1) is 12.7 Å². The predicted molar refractivity (Wildman–Crippen MR) is 89.7 cm³/mol. The quantitative estimate of drug-likeness (QED) is 0.833. The van der Waals surface area contributed by atoms with Crippen molar-refractivity contribution in [3.63, 3.8) is 0 Å². The number of aromatic nitrogens is 1. The Bertz CT molecular complexity index is 835. The molecule has 0 bridgehead atoms. The topological polar surface area (TPSA) is 78.6 Å². The number of amides is 1. The van der Waals surface area contributed by atoms with Crippen LogP contribution < -0.4 is 5.43 Å². The van der Waals surface area contributed by atoms with Crippen molar-refractivity contribution < 1.29 is 27.6 Å². The van der Waals surface area contributed by atoms with E-state index in [1.54, 1.807) is 30.3 Å². The minimum Gasteiger partial charge on any atom is -0.373 e. The fraction of sp³-hybridized carbons (Fsp3) is 0.333. The molecule has 27 heavy (non-hydrogen) atoms. The summed E-state index contributed by atoms with van der Waals surface area (Å²) in [5, 5.41) is 15.0. The van der Waals surface area contributed by atoms with Crippen molar-refractivity contribution in [1.82, 2.24) is 15.6 Å². The third kappa shape index (κ3) is 3.82. The standard InChI is InChI=1S/C18H18F3N3O3/c1-12(13-5-3-2-4-6-13)9-17(26,18(19,20)21)16(25)23-24-8-7-15-14(11-24)10-22-27-15/h2-8,10,12,26H,9,11H2,1H3,(H,23,25). The van der Waals surface area contributed by atoms with Crippen molar-refractivity contribution in [2.24, 2.45) is 0 Å². The molecular formula is C18H18F3N3O3. The smallest absolute Gasteiger partial charge is 0.373 e. The first-order valence-electron chi connectivity index (χ1n) is 8.24. The van der Waals surface area contributed by atoms with Gasteiger partial charge in [0.25, 0.3) is 5.91 Å². The second kappa shape index (κ2) is 7.07. The molecule has 2 unspecified atom stereocenters. The number of hydrazine groups is 1. The van der Waals surface area contributed by atoms with E-state index in [0.717, 1.165) is 5.01 Å². The number of rotatable bonds is 5. The first kappa shape index (κ1) is 19.0. The van der Waals surface area contributed by atoms with Crippen LogP contribution in [0.5, 0.6) is 0 Å². The lowest BCUT2D eigenvalue weighted by Crippen LogP contribution is -2.60. The number of carbonyl (C=O) groups is 1. The Kier molecular flexibility index (Phi) is 4.97. The Balaban J connectivity index is 1.76. The molecule has 144 valence electrons. The number of aliphatic hydroxyl groups is 1. The molecule has 2 aromatic rings. The van der Waals surface area contributed by atoms with E-state index in [4.69, 9.17) is 4.52 Å². The Morgan fingerprint density at radius 2 is 2.07 bits per heavy atom. The van der Waals surface area contributed by atoms with Gasteiger partial charge in [-0.2, -0.15) is 13.2 Å². The molecule has 2 heterocycles. The molecule has 0 radical (unpaired) electrons. The van der Waals surface area contributed by atoms with E-state index in [1.807, 2.05) is 0 Å². The van der Waals surface area contributed by atoms with Crippen molar-refractivity contribution in [3.8, 4) is 0 Å². The Labute approximate surface area is 153 Å². The van der Waals surface area contributed by atoms with E-state index in [-0.39, 0.29) is 6.54 Å². The van der Waals surface area contributed by atoms with Gasteiger partial charge >= 0.3 is 6.18 Å². The molecule has 2 atom stereocenters. The monoisotopic (exact) mass is 381 g/mol. The number of nitrogens with zero attached hydrogens (tertiary/aromatic N) is 2. The maximum absolute atomic E-state index is 13.6. The van der Waals surface area contributed by atoms with Crippen LogP contribution in [0.1, 0.15) is 36.1 Å². The first-order chi connectivity index (χ1) is 12.7. The molecule has 9 heteroatoms. The third-order valence-electron chi connectivity index (χ3n) is 4.48. The van der Waals surface area contributed by atoms with Crippen molar-refractivity contribution in [2.75, 3.05) is 0 Å². The molecule has 0 saturated heterocycles. The Morgan fingerprint density at radius 3 is 2.74 bits per heavy atom. The predicted octanol–water partition coefficient (Wildman–Crippen LogP) is 2.98. The molecule has 6 nitrogen and oxygen atoms in total. The summed E-state index contributed by atoms with van der Waals surface area (Å²) in [5.74, 6) is -1.77. The maximum Gasteiger partial charge on any atom is 0.426 e. The highest BCUT2D eigenvalue weighted by molar-refractivity contribution is 5.85. The first-order valence-corrected chi connectivity index (χ1v) is 8.24. The molecule has 1 aliphatic heterocycles. The van der Waals surface area contributed by atoms with Crippen LogP contribution in [0.3, 0.4) is 0 Å². The number of carbonyl (C=O) groups excluding carboxylic acids is 1. The zero-order chi connectivity index (χ0) is 19.7. The van der Waals surface area contributed by atoms with E-state index in [9.17, 15) is 23.1 Å². The number of nitrogens with one attached hydrogen (secondary N) is 1. The van der Waals surface area contributed by atoms with Gasteiger partial charge < -0.3 is 9.63 Å². The van der Waals surface area contributed by atoms with E-state index in [1.165, 1.54) is 25.4 Å². The maximum atomic E-state index is 13.6. The number of hydrogen-bond acceptors (Lipinski definition) is 5. The molecule has 3 rings (SSSR count). The second-order valence-electron chi connectivity index (χ2n) is 6.47. The van der Waals surface area contributed by atoms with Gasteiger partial charge in [-0.05, 0) is 11.5 Å². The van der Waals surface area contributed by atoms with E-state index < -0.39 is 30.0 Å². The summed E-state index contributed by atoms with van der Waals surface area (Å²) in [6.45, 7) is 1.60. The summed E-state index contributed by atoms with van der Waals surface area (Å²) < 4.78 is 45.7. The summed E-state index contributed by atoms with van der Waals surface area (Å²) in [4.78, 5) is 12.4. The largest absolute Gasteiger partial charge is 0.426 e. The lowest BCUT2D eigenvalue weighted by Gasteiger charge is -2.34. The summed E-state index contributed by atoms with van der Waals surface area (Å²) >= 11 is 0. The van der Waals surface area contributed by atoms with Crippen LogP contribution in [0, 0.1) is 0 Å². The molecule has 1 aromatic heterocycles. The van der Waals surface area contributed by atoms with Crippen LogP contribution in [0.25, 0.3) is 6.08 Å². The van der Waals surface area contributed by atoms with Crippen molar-refractivity contribution in [1.29, 1.82) is 0 Å². The molecule has 1 aromatic carbocycles. The van der Waals surface area contributed by atoms with Crippen LogP contribution in [0.4, 0.5) is 13.2 Å². The lowest BCUT2D eigenvalue weighted by atomic mass is 9.86. The SMILES string of the molecule is CC(CC(O)(C(=O)NN1C=Cc2oncc2C1)C(F)(F)F)c1ccccc1. The molecule has 0 aliphatic carbocycles. The number of halogens is 3. The van der Waals surface area contributed by atoms with E-state index in [0.29, 0.717) is 16.9 Å². The third-order valence-corrected chi connectivity index (χ3v) is 4.48. The average Bonchev–Trinajstić information content (AvgIpc) is 3.09. The fourth-order valence-corrected chi connectivity index (χ4v) is 2.90. The van der Waals surface area contributed by atoms with Gasteiger partial charge in [-0.15, -0.1) is 0 Å². The van der Waals surface area contributed by atoms with Gasteiger partial charge in [-0.1, -0.05) is 42.4 Å². The lowest BCUT2D eigenvalue weighted by molar-refractivity contribution is -0.256. The molecule has 2 N–H and O–H groups in total. The van der Waals surface area contributed by atoms with Crippen LogP contribution in [-0.2, 0) is 11.3 Å². The second-order valence-corrected chi connectivity index (χ2v) is 6.47. The molecule has 0 fully saturated rings. The van der Waals surface area contributed by atoms with Crippen molar-refractivity contribution >= 4 is 12.0 Å². The zero-order valence-electron chi connectivity index (χ0n) is 14.4. The minimum atomic E-state index is -5.14. The minimum absolute atomic E-state index is 0.0727. The average molecular weight is 381 g/mol. The fourth-order valence-electron chi connectivity index (χ4n) is 2.90. The zero-order valence-corrected chi connectivity index (χ0v) is 14.4. The number of benzene rings is 1. The van der Waals surface area contributed by atoms with E-state index >= 15 is 0 Å². The van der Waals surface area contributed by atoms with Crippen LogP contribution in [-0.4, -0.2) is 33.0 Å². The molecule has 1 amide bonds. The van der Waals surface area contributed by atoms with Gasteiger partial charge in [0.15, 0.2) is 5.76 Å². The number of hydrogen-bond donors (Lipinski definition) is 2. The molecule has 1 aliphatic rings. The highest BCUT2D eigenvalue weighted by atomic mass is 19.4. The van der Waals surface area contributed by atoms with Crippen LogP contribution in [0.15, 0.2) is 47.3 Å².